The van der Waals surface area contributed by atoms with Gasteiger partial charge in [-0.2, -0.15) is 0 Å². The Morgan fingerprint density at radius 2 is 1.87 bits per heavy atom. The SMILES string of the molecule is O=C(CSc1nnc(NC(=O)COc2ccccc2)s1)Nc1cccc([N+](=O)[O-])c1. The number of nitro groups is 1. The van der Waals surface area contributed by atoms with Crippen molar-refractivity contribution in [2.75, 3.05) is 23.0 Å². The zero-order valence-electron chi connectivity index (χ0n) is 15.3. The molecule has 0 aliphatic rings. The van der Waals surface area contributed by atoms with Crippen molar-refractivity contribution in [2.45, 2.75) is 4.34 Å². The van der Waals surface area contributed by atoms with Crippen LogP contribution in [-0.2, 0) is 9.59 Å². The van der Waals surface area contributed by atoms with Crippen molar-refractivity contribution in [3.63, 3.8) is 0 Å². The average Bonchev–Trinajstić information content (AvgIpc) is 3.19. The summed E-state index contributed by atoms with van der Waals surface area (Å²) in [5.74, 6) is -0.119. The molecular formula is C18H15N5O5S2. The molecule has 0 saturated heterocycles. The van der Waals surface area contributed by atoms with Gasteiger partial charge in [0.1, 0.15) is 5.75 Å². The number of nitrogens with one attached hydrogen (secondary N) is 2. The molecule has 10 nitrogen and oxygen atoms in total. The molecule has 0 aliphatic heterocycles. The summed E-state index contributed by atoms with van der Waals surface area (Å²) in [5, 5.41) is 24.0. The number of hydrogen-bond acceptors (Lipinski definition) is 9. The summed E-state index contributed by atoms with van der Waals surface area (Å²) in [5.41, 5.74) is 0.222. The zero-order valence-corrected chi connectivity index (χ0v) is 16.9. The number of thioether (sulfide) groups is 1. The van der Waals surface area contributed by atoms with E-state index >= 15 is 0 Å². The predicted molar refractivity (Wildman–Crippen MR) is 113 cm³/mol. The smallest absolute Gasteiger partial charge is 0.271 e. The molecule has 0 fully saturated rings. The van der Waals surface area contributed by atoms with E-state index in [4.69, 9.17) is 4.74 Å². The summed E-state index contributed by atoms with van der Waals surface area (Å²) in [7, 11) is 0. The van der Waals surface area contributed by atoms with Gasteiger partial charge in [-0.05, 0) is 18.2 Å². The fraction of sp³-hybridized carbons (Fsp3) is 0.111. The Morgan fingerprint density at radius 1 is 1.07 bits per heavy atom. The summed E-state index contributed by atoms with van der Waals surface area (Å²) in [4.78, 5) is 34.2. The number of amides is 2. The van der Waals surface area contributed by atoms with Gasteiger partial charge in [-0.25, -0.2) is 0 Å². The Labute approximate surface area is 178 Å². The first-order valence-electron chi connectivity index (χ1n) is 8.48. The second-order valence-electron chi connectivity index (χ2n) is 5.67. The molecule has 0 bridgehead atoms. The van der Waals surface area contributed by atoms with Crippen LogP contribution in [0.25, 0.3) is 0 Å². The van der Waals surface area contributed by atoms with Crippen LogP contribution in [0, 0.1) is 10.1 Å². The van der Waals surface area contributed by atoms with Gasteiger partial charge in [0.25, 0.3) is 11.6 Å². The van der Waals surface area contributed by atoms with Gasteiger partial charge in [-0.1, -0.05) is 47.4 Å². The fourth-order valence-electron chi connectivity index (χ4n) is 2.16. The van der Waals surface area contributed by atoms with Crippen molar-refractivity contribution in [3.05, 3.63) is 64.7 Å². The number of anilines is 2. The quantitative estimate of drug-likeness (QED) is 0.222. The highest BCUT2D eigenvalue weighted by atomic mass is 32.2. The highest BCUT2D eigenvalue weighted by Crippen LogP contribution is 2.26. The lowest BCUT2D eigenvalue weighted by atomic mass is 10.3. The van der Waals surface area contributed by atoms with Crippen LogP contribution in [0.2, 0.25) is 0 Å². The van der Waals surface area contributed by atoms with Crippen LogP contribution >= 0.6 is 23.1 Å². The maximum Gasteiger partial charge on any atom is 0.271 e. The molecule has 0 saturated carbocycles. The van der Waals surface area contributed by atoms with Crippen LogP contribution in [0.15, 0.2) is 58.9 Å². The average molecular weight is 445 g/mol. The number of para-hydroxylation sites is 1. The van der Waals surface area contributed by atoms with E-state index in [1.807, 2.05) is 6.07 Å². The molecule has 2 aromatic carbocycles. The van der Waals surface area contributed by atoms with Crippen LogP contribution in [0.4, 0.5) is 16.5 Å². The summed E-state index contributed by atoms with van der Waals surface area (Å²) in [6.45, 7) is -0.169. The normalized spacial score (nSPS) is 10.3. The molecule has 154 valence electrons. The summed E-state index contributed by atoms with van der Waals surface area (Å²) in [6.07, 6.45) is 0. The molecule has 0 atom stereocenters. The number of carbonyl (C=O) groups excluding carboxylic acids is 2. The van der Waals surface area contributed by atoms with Gasteiger partial charge in [0.15, 0.2) is 10.9 Å². The van der Waals surface area contributed by atoms with E-state index in [2.05, 4.69) is 20.8 Å². The molecule has 0 radical (unpaired) electrons. The van der Waals surface area contributed by atoms with Crippen LogP contribution in [-0.4, -0.2) is 39.3 Å². The van der Waals surface area contributed by atoms with Crippen molar-refractivity contribution in [2.24, 2.45) is 0 Å². The van der Waals surface area contributed by atoms with Crippen LogP contribution in [0.3, 0.4) is 0 Å². The van der Waals surface area contributed by atoms with Crippen LogP contribution in [0.5, 0.6) is 5.75 Å². The maximum absolute atomic E-state index is 12.0. The van der Waals surface area contributed by atoms with E-state index < -0.39 is 4.92 Å². The number of nitro benzene ring substituents is 1. The number of ether oxygens (including phenoxy) is 1. The van der Waals surface area contributed by atoms with Gasteiger partial charge in [-0.15, -0.1) is 10.2 Å². The second kappa shape index (κ2) is 10.3. The third kappa shape index (κ3) is 6.53. The van der Waals surface area contributed by atoms with Crippen LogP contribution < -0.4 is 15.4 Å². The molecule has 1 heterocycles. The van der Waals surface area contributed by atoms with Crippen molar-refractivity contribution < 1.29 is 19.2 Å². The Balaban J connectivity index is 1.43. The minimum absolute atomic E-state index is 0.0301. The maximum atomic E-state index is 12.0. The van der Waals surface area contributed by atoms with Crippen molar-refractivity contribution in [3.8, 4) is 5.75 Å². The van der Waals surface area contributed by atoms with Gasteiger partial charge in [-0.3, -0.25) is 25.0 Å². The van der Waals surface area contributed by atoms with Gasteiger partial charge in [0.05, 0.1) is 10.7 Å². The number of carbonyl (C=O) groups is 2. The first kappa shape index (κ1) is 21.2. The molecular weight excluding hydrogens is 430 g/mol. The molecule has 2 amide bonds. The number of nitrogens with zero attached hydrogens (tertiary/aromatic N) is 3. The molecule has 0 unspecified atom stereocenters. The lowest BCUT2D eigenvalue weighted by Crippen LogP contribution is -2.20. The zero-order chi connectivity index (χ0) is 21.3. The number of rotatable bonds is 9. The van der Waals surface area contributed by atoms with Crippen LogP contribution in [0.1, 0.15) is 0 Å². The van der Waals surface area contributed by atoms with Crippen molar-refractivity contribution in [1.82, 2.24) is 10.2 Å². The molecule has 2 N–H and O–H groups in total. The largest absolute Gasteiger partial charge is 0.484 e. The summed E-state index contributed by atoms with van der Waals surface area (Å²) < 4.78 is 5.84. The Hall–Kier alpha value is -3.51. The Bertz CT molecular complexity index is 1040. The topological polar surface area (TPSA) is 136 Å². The molecule has 3 aromatic rings. The van der Waals surface area contributed by atoms with Crippen molar-refractivity contribution in [1.29, 1.82) is 0 Å². The molecule has 0 aliphatic carbocycles. The van der Waals surface area contributed by atoms with Gasteiger partial charge in [0, 0.05) is 17.8 Å². The summed E-state index contributed by atoms with van der Waals surface area (Å²) >= 11 is 2.25. The predicted octanol–water partition coefficient (Wildman–Crippen LogP) is 3.19. The third-order valence-corrected chi connectivity index (χ3v) is 5.41. The van der Waals surface area contributed by atoms with E-state index in [1.165, 1.54) is 18.2 Å². The van der Waals surface area contributed by atoms with E-state index in [0.717, 1.165) is 23.1 Å². The minimum atomic E-state index is -0.535. The number of benzene rings is 2. The molecule has 0 spiro atoms. The standard InChI is InChI=1S/C18H15N5O5S2/c24-15(10-28-14-7-2-1-3-8-14)20-17-21-22-18(30-17)29-11-16(25)19-12-5-4-6-13(9-12)23(26)27/h1-9H,10-11H2,(H,19,25)(H,20,21,24). The van der Waals surface area contributed by atoms with E-state index in [0.29, 0.717) is 20.9 Å². The number of hydrogen-bond donors (Lipinski definition) is 2. The number of aromatic nitrogens is 2. The van der Waals surface area contributed by atoms with Crippen molar-refractivity contribution >= 4 is 51.4 Å². The third-order valence-electron chi connectivity index (χ3n) is 3.43. The fourth-order valence-corrected chi connectivity index (χ4v) is 3.73. The van der Waals surface area contributed by atoms with Gasteiger partial charge >= 0.3 is 0 Å². The minimum Gasteiger partial charge on any atom is -0.484 e. The monoisotopic (exact) mass is 445 g/mol. The highest BCUT2D eigenvalue weighted by molar-refractivity contribution is 8.01. The highest BCUT2D eigenvalue weighted by Gasteiger charge is 2.12. The first-order chi connectivity index (χ1) is 14.5. The molecule has 1 aromatic heterocycles. The van der Waals surface area contributed by atoms with E-state index in [-0.39, 0.29) is 29.9 Å². The lowest BCUT2D eigenvalue weighted by Gasteiger charge is -2.04. The van der Waals surface area contributed by atoms with Gasteiger partial charge < -0.3 is 10.1 Å². The first-order valence-corrected chi connectivity index (χ1v) is 10.3. The van der Waals surface area contributed by atoms with Gasteiger partial charge in [0.2, 0.25) is 11.0 Å². The second-order valence-corrected chi connectivity index (χ2v) is 7.87. The lowest BCUT2D eigenvalue weighted by molar-refractivity contribution is -0.384. The molecule has 30 heavy (non-hydrogen) atoms. The molecule has 12 heteroatoms. The van der Waals surface area contributed by atoms with E-state index in [1.54, 1.807) is 30.3 Å². The Kier molecular flexibility index (Phi) is 7.29. The molecule has 3 rings (SSSR count). The summed E-state index contributed by atoms with van der Waals surface area (Å²) in [6, 6.07) is 14.6. The Morgan fingerprint density at radius 3 is 2.63 bits per heavy atom. The number of non-ortho nitro benzene ring substituents is 1. The van der Waals surface area contributed by atoms with E-state index in [9.17, 15) is 19.7 Å².